The molecule has 2 unspecified atom stereocenters. The summed E-state index contributed by atoms with van der Waals surface area (Å²) in [6.45, 7) is 5.77. The minimum Gasteiger partial charge on any atom is -0.389 e. The summed E-state index contributed by atoms with van der Waals surface area (Å²) in [5.74, 6) is 0.463. The molecule has 0 saturated heterocycles. The van der Waals surface area contributed by atoms with Gasteiger partial charge in [0.15, 0.2) is 0 Å². The molecule has 0 radical (unpaired) electrons. The van der Waals surface area contributed by atoms with Crippen molar-refractivity contribution < 1.29 is 5.11 Å². The van der Waals surface area contributed by atoms with Gasteiger partial charge in [-0.2, -0.15) is 0 Å². The highest BCUT2D eigenvalue weighted by Gasteiger charge is 2.36. The third-order valence-electron chi connectivity index (χ3n) is 2.66. The van der Waals surface area contributed by atoms with Gasteiger partial charge in [0.25, 0.3) is 0 Å². The SMILES string of the molecule is C=CCC1(O)CCCC1C. The van der Waals surface area contributed by atoms with Crippen molar-refractivity contribution in [2.24, 2.45) is 5.92 Å². The Labute approximate surface area is 62.8 Å². The topological polar surface area (TPSA) is 20.2 Å². The maximum atomic E-state index is 9.89. The van der Waals surface area contributed by atoms with Gasteiger partial charge < -0.3 is 5.11 Å². The fourth-order valence-electron chi connectivity index (χ4n) is 1.78. The molecular formula is C9H16O. The molecule has 1 nitrogen and oxygen atoms in total. The molecule has 0 aromatic rings. The molecular weight excluding hydrogens is 124 g/mol. The predicted molar refractivity (Wildman–Crippen MR) is 42.8 cm³/mol. The Hall–Kier alpha value is -0.300. The van der Waals surface area contributed by atoms with Gasteiger partial charge in [0.1, 0.15) is 0 Å². The van der Waals surface area contributed by atoms with Gasteiger partial charge in [-0.3, -0.25) is 0 Å². The van der Waals surface area contributed by atoms with E-state index in [-0.39, 0.29) is 0 Å². The lowest BCUT2D eigenvalue weighted by molar-refractivity contribution is 0.0123. The van der Waals surface area contributed by atoms with Crippen LogP contribution in [0, 0.1) is 5.92 Å². The molecule has 0 aromatic carbocycles. The molecule has 0 spiro atoms. The molecule has 1 aliphatic rings. The molecule has 1 aliphatic carbocycles. The van der Waals surface area contributed by atoms with Crippen LogP contribution in [-0.2, 0) is 0 Å². The molecule has 1 N–H and O–H groups in total. The summed E-state index contributed by atoms with van der Waals surface area (Å²) in [6, 6.07) is 0. The van der Waals surface area contributed by atoms with Crippen LogP contribution in [0.25, 0.3) is 0 Å². The average molecular weight is 140 g/mol. The summed E-state index contributed by atoms with van der Waals surface area (Å²) in [7, 11) is 0. The number of hydrogen-bond donors (Lipinski definition) is 1. The van der Waals surface area contributed by atoms with Gasteiger partial charge in [0, 0.05) is 0 Å². The number of hydrogen-bond acceptors (Lipinski definition) is 1. The Morgan fingerprint density at radius 2 is 2.50 bits per heavy atom. The fraction of sp³-hybridized carbons (Fsp3) is 0.778. The zero-order valence-corrected chi connectivity index (χ0v) is 6.64. The predicted octanol–water partition coefficient (Wildman–Crippen LogP) is 2.11. The Bertz CT molecular complexity index is 131. The molecule has 0 heterocycles. The van der Waals surface area contributed by atoms with E-state index in [1.54, 1.807) is 0 Å². The summed E-state index contributed by atoms with van der Waals surface area (Å²) in [4.78, 5) is 0. The zero-order valence-electron chi connectivity index (χ0n) is 6.64. The Balaban J connectivity index is 2.56. The molecule has 0 aromatic heterocycles. The van der Waals surface area contributed by atoms with E-state index >= 15 is 0 Å². The summed E-state index contributed by atoms with van der Waals surface area (Å²) < 4.78 is 0. The van der Waals surface area contributed by atoms with Gasteiger partial charge in [-0.25, -0.2) is 0 Å². The average Bonchev–Trinajstić information content (AvgIpc) is 2.15. The quantitative estimate of drug-likeness (QED) is 0.582. The highest BCUT2D eigenvalue weighted by molar-refractivity contribution is 4.94. The van der Waals surface area contributed by atoms with Crippen LogP contribution in [0.5, 0.6) is 0 Å². The van der Waals surface area contributed by atoms with E-state index in [4.69, 9.17) is 0 Å². The van der Waals surface area contributed by atoms with Crippen LogP contribution < -0.4 is 0 Å². The lowest BCUT2D eigenvalue weighted by Gasteiger charge is -2.25. The second-order valence-electron chi connectivity index (χ2n) is 3.39. The van der Waals surface area contributed by atoms with Crippen molar-refractivity contribution in [1.29, 1.82) is 0 Å². The van der Waals surface area contributed by atoms with E-state index in [1.165, 1.54) is 12.8 Å². The van der Waals surface area contributed by atoms with E-state index < -0.39 is 5.60 Å². The molecule has 1 rings (SSSR count). The van der Waals surface area contributed by atoms with E-state index in [0.29, 0.717) is 5.92 Å². The van der Waals surface area contributed by atoms with Crippen molar-refractivity contribution in [3.8, 4) is 0 Å². The molecule has 0 amide bonds. The lowest BCUT2D eigenvalue weighted by Crippen LogP contribution is -2.30. The summed E-state index contributed by atoms with van der Waals surface area (Å²) in [5, 5.41) is 9.89. The first-order valence-corrected chi connectivity index (χ1v) is 4.02. The molecule has 1 heteroatoms. The number of rotatable bonds is 2. The Morgan fingerprint density at radius 1 is 1.80 bits per heavy atom. The van der Waals surface area contributed by atoms with Crippen LogP contribution in [0.2, 0.25) is 0 Å². The van der Waals surface area contributed by atoms with E-state index in [2.05, 4.69) is 13.5 Å². The van der Waals surface area contributed by atoms with Crippen LogP contribution in [0.1, 0.15) is 32.6 Å². The molecule has 0 aliphatic heterocycles. The van der Waals surface area contributed by atoms with Crippen LogP contribution in [0.15, 0.2) is 12.7 Å². The first-order chi connectivity index (χ1) is 4.69. The first kappa shape index (κ1) is 7.80. The molecule has 2 atom stereocenters. The van der Waals surface area contributed by atoms with Crippen LogP contribution >= 0.6 is 0 Å². The van der Waals surface area contributed by atoms with Crippen molar-refractivity contribution in [2.75, 3.05) is 0 Å². The smallest absolute Gasteiger partial charge is 0.0707 e. The maximum Gasteiger partial charge on any atom is 0.0707 e. The van der Waals surface area contributed by atoms with Crippen molar-refractivity contribution in [3.63, 3.8) is 0 Å². The second kappa shape index (κ2) is 2.75. The Kier molecular flexibility index (Phi) is 2.14. The largest absolute Gasteiger partial charge is 0.389 e. The van der Waals surface area contributed by atoms with Crippen molar-refractivity contribution in [3.05, 3.63) is 12.7 Å². The summed E-state index contributed by atoms with van der Waals surface area (Å²) in [5.41, 5.74) is -0.415. The minimum atomic E-state index is -0.415. The monoisotopic (exact) mass is 140 g/mol. The van der Waals surface area contributed by atoms with Crippen LogP contribution in [-0.4, -0.2) is 10.7 Å². The fourth-order valence-corrected chi connectivity index (χ4v) is 1.78. The van der Waals surface area contributed by atoms with Crippen LogP contribution in [0.3, 0.4) is 0 Å². The maximum absolute atomic E-state index is 9.89. The highest BCUT2D eigenvalue weighted by Crippen LogP contribution is 2.37. The van der Waals surface area contributed by atoms with Crippen LogP contribution in [0.4, 0.5) is 0 Å². The van der Waals surface area contributed by atoms with E-state index in [1.807, 2.05) is 6.08 Å². The number of aliphatic hydroxyl groups is 1. The van der Waals surface area contributed by atoms with Crippen molar-refractivity contribution in [1.82, 2.24) is 0 Å². The van der Waals surface area contributed by atoms with Gasteiger partial charge in [-0.05, 0) is 25.2 Å². The Morgan fingerprint density at radius 3 is 2.90 bits per heavy atom. The van der Waals surface area contributed by atoms with Gasteiger partial charge in [-0.15, -0.1) is 6.58 Å². The zero-order chi connectivity index (χ0) is 7.61. The minimum absolute atomic E-state index is 0.415. The van der Waals surface area contributed by atoms with E-state index in [9.17, 15) is 5.11 Å². The second-order valence-corrected chi connectivity index (χ2v) is 3.39. The molecule has 58 valence electrons. The van der Waals surface area contributed by atoms with E-state index in [0.717, 1.165) is 12.8 Å². The van der Waals surface area contributed by atoms with Gasteiger partial charge in [0.05, 0.1) is 5.60 Å². The standard InChI is InChI=1S/C9H16O/c1-3-6-9(10)7-4-5-8(9)2/h3,8,10H,1,4-7H2,2H3. The van der Waals surface area contributed by atoms with Gasteiger partial charge >= 0.3 is 0 Å². The van der Waals surface area contributed by atoms with Gasteiger partial charge in [-0.1, -0.05) is 19.4 Å². The molecule has 1 fully saturated rings. The third kappa shape index (κ3) is 1.24. The molecule has 1 saturated carbocycles. The third-order valence-corrected chi connectivity index (χ3v) is 2.66. The molecule has 0 bridgehead atoms. The van der Waals surface area contributed by atoms with Gasteiger partial charge in [0.2, 0.25) is 0 Å². The van der Waals surface area contributed by atoms with Crippen molar-refractivity contribution >= 4 is 0 Å². The lowest BCUT2D eigenvalue weighted by atomic mass is 9.89. The normalized spacial score (nSPS) is 40.0. The van der Waals surface area contributed by atoms with Crippen molar-refractivity contribution in [2.45, 2.75) is 38.2 Å². The first-order valence-electron chi connectivity index (χ1n) is 4.02. The summed E-state index contributed by atoms with van der Waals surface area (Å²) >= 11 is 0. The molecule has 10 heavy (non-hydrogen) atoms. The summed E-state index contributed by atoms with van der Waals surface area (Å²) in [6.07, 6.45) is 5.88. The highest BCUT2D eigenvalue weighted by atomic mass is 16.3.